The van der Waals surface area contributed by atoms with Crippen LogP contribution in [0.2, 0.25) is 0 Å². The minimum absolute atomic E-state index is 0.873. The number of rotatable bonds is 2. The molecule has 3 nitrogen and oxygen atoms in total. The zero-order valence-corrected chi connectivity index (χ0v) is 13.3. The SMILES string of the molecule is Cc1ccc(-c2nc(Br)c3c(N(C)C)cccn23)cc1. The van der Waals surface area contributed by atoms with Gasteiger partial charge in [0.15, 0.2) is 0 Å². The number of fused-ring (bicyclic) bond motifs is 1. The molecule has 0 unspecified atom stereocenters. The molecule has 4 heteroatoms. The van der Waals surface area contributed by atoms with E-state index in [-0.39, 0.29) is 0 Å². The molecule has 102 valence electrons. The van der Waals surface area contributed by atoms with Gasteiger partial charge in [-0.05, 0) is 35.0 Å². The summed E-state index contributed by atoms with van der Waals surface area (Å²) in [6, 6.07) is 12.6. The second kappa shape index (κ2) is 4.94. The molecule has 0 amide bonds. The maximum Gasteiger partial charge on any atom is 0.145 e. The molecule has 3 rings (SSSR count). The first kappa shape index (κ1) is 13.2. The van der Waals surface area contributed by atoms with Gasteiger partial charge in [-0.3, -0.25) is 4.40 Å². The van der Waals surface area contributed by atoms with Gasteiger partial charge < -0.3 is 4.90 Å². The summed E-state index contributed by atoms with van der Waals surface area (Å²) in [5.74, 6) is 0.954. The number of halogens is 1. The highest BCUT2D eigenvalue weighted by molar-refractivity contribution is 9.10. The number of aromatic nitrogens is 2. The number of aryl methyl sites for hydroxylation is 1. The van der Waals surface area contributed by atoms with Crippen LogP contribution >= 0.6 is 15.9 Å². The van der Waals surface area contributed by atoms with Gasteiger partial charge in [0.25, 0.3) is 0 Å². The lowest BCUT2D eigenvalue weighted by Crippen LogP contribution is -2.09. The number of anilines is 1. The number of hydrogen-bond acceptors (Lipinski definition) is 2. The van der Waals surface area contributed by atoms with Crippen LogP contribution in [0.15, 0.2) is 47.2 Å². The van der Waals surface area contributed by atoms with Crippen LogP contribution in [0.5, 0.6) is 0 Å². The normalized spacial score (nSPS) is 11.0. The quantitative estimate of drug-likeness (QED) is 0.704. The number of hydrogen-bond donors (Lipinski definition) is 0. The van der Waals surface area contributed by atoms with Gasteiger partial charge in [-0.1, -0.05) is 29.8 Å². The molecule has 0 fully saturated rings. The van der Waals surface area contributed by atoms with Crippen LogP contribution in [0.25, 0.3) is 16.9 Å². The van der Waals surface area contributed by atoms with Gasteiger partial charge >= 0.3 is 0 Å². The first-order chi connectivity index (χ1) is 9.58. The van der Waals surface area contributed by atoms with Gasteiger partial charge in [0.05, 0.1) is 5.69 Å². The lowest BCUT2D eigenvalue weighted by atomic mass is 10.1. The molecule has 0 N–H and O–H groups in total. The van der Waals surface area contributed by atoms with E-state index in [4.69, 9.17) is 0 Å². The molecule has 2 heterocycles. The standard InChI is InChI=1S/C16H16BrN3/c1-11-6-8-12(9-7-11)16-18-15(17)14-13(19(2)3)5-4-10-20(14)16/h4-10H,1-3H3. The summed E-state index contributed by atoms with van der Waals surface area (Å²) in [6.07, 6.45) is 2.05. The molecule has 0 saturated carbocycles. The molecule has 0 aliphatic rings. The van der Waals surface area contributed by atoms with E-state index in [1.165, 1.54) is 5.56 Å². The monoisotopic (exact) mass is 329 g/mol. The maximum atomic E-state index is 4.69. The topological polar surface area (TPSA) is 20.5 Å². The van der Waals surface area contributed by atoms with Crippen LogP contribution in [-0.4, -0.2) is 23.5 Å². The summed E-state index contributed by atoms with van der Waals surface area (Å²) in [5.41, 5.74) is 4.60. The van der Waals surface area contributed by atoms with Crippen molar-refractivity contribution in [3.8, 4) is 11.4 Å². The number of pyridine rings is 1. The number of imidazole rings is 1. The fourth-order valence-electron chi connectivity index (χ4n) is 2.35. The molecule has 0 aliphatic carbocycles. The first-order valence-corrected chi connectivity index (χ1v) is 7.28. The average Bonchev–Trinajstić information content (AvgIpc) is 2.77. The van der Waals surface area contributed by atoms with E-state index in [2.05, 4.69) is 73.7 Å². The van der Waals surface area contributed by atoms with E-state index >= 15 is 0 Å². The fraction of sp³-hybridized carbons (Fsp3) is 0.188. The second-order valence-corrected chi connectivity index (χ2v) is 5.85. The van der Waals surface area contributed by atoms with Crippen LogP contribution in [0, 0.1) is 6.92 Å². The van der Waals surface area contributed by atoms with E-state index < -0.39 is 0 Å². The summed E-state index contributed by atoms with van der Waals surface area (Å²) in [4.78, 5) is 6.78. The van der Waals surface area contributed by atoms with Crippen LogP contribution in [-0.2, 0) is 0 Å². The van der Waals surface area contributed by atoms with E-state index in [1.54, 1.807) is 0 Å². The summed E-state index contributed by atoms with van der Waals surface area (Å²) < 4.78 is 3.00. The molecule has 0 atom stereocenters. The molecule has 0 saturated heterocycles. The molecule has 0 spiro atoms. The Balaban J connectivity index is 2.28. The highest BCUT2D eigenvalue weighted by Gasteiger charge is 2.14. The van der Waals surface area contributed by atoms with Crippen molar-refractivity contribution in [1.82, 2.24) is 9.38 Å². The third-order valence-corrected chi connectivity index (χ3v) is 3.94. The first-order valence-electron chi connectivity index (χ1n) is 6.49. The molecule has 20 heavy (non-hydrogen) atoms. The molecule has 2 aromatic heterocycles. The minimum atomic E-state index is 0.873. The predicted octanol–water partition coefficient (Wildman–Crippen LogP) is 4.14. The largest absolute Gasteiger partial charge is 0.376 e. The van der Waals surface area contributed by atoms with Gasteiger partial charge in [0.1, 0.15) is 15.9 Å². The molecule has 1 aromatic carbocycles. The summed E-state index contributed by atoms with van der Waals surface area (Å²) >= 11 is 3.59. The molecule has 0 aliphatic heterocycles. The lowest BCUT2D eigenvalue weighted by Gasteiger charge is -2.14. The van der Waals surface area contributed by atoms with Crippen LogP contribution in [0.3, 0.4) is 0 Å². The second-order valence-electron chi connectivity index (χ2n) is 5.10. The van der Waals surface area contributed by atoms with Gasteiger partial charge in [-0.2, -0.15) is 0 Å². The van der Waals surface area contributed by atoms with Crippen molar-refractivity contribution in [2.75, 3.05) is 19.0 Å². The predicted molar refractivity (Wildman–Crippen MR) is 87.4 cm³/mol. The van der Waals surface area contributed by atoms with Crippen molar-refractivity contribution in [1.29, 1.82) is 0 Å². The van der Waals surface area contributed by atoms with Crippen LogP contribution < -0.4 is 4.90 Å². The van der Waals surface area contributed by atoms with Gasteiger partial charge in [-0.25, -0.2) is 4.98 Å². The van der Waals surface area contributed by atoms with Crippen molar-refractivity contribution in [3.63, 3.8) is 0 Å². The van der Waals surface area contributed by atoms with Crippen molar-refractivity contribution in [2.45, 2.75) is 6.92 Å². The minimum Gasteiger partial charge on any atom is -0.376 e. The number of benzene rings is 1. The van der Waals surface area contributed by atoms with Crippen molar-refractivity contribution < 1.29 is 0 Å². The maximum absolute atomic E-state index is 4.69. The Labute approximate surface area is 127 Å². The van der Waals surface area contributed by atoms with E-state index in [1.807, 2.05) is 20.2 Å². The Morgan fingerprint density at radius 2 is 1.80 bits per heavy atom. The van der Waals surface area contributed by atoms with Crippen molar-refractivity contribution in [2.24, 2.45) is 0 Å². The third kappa shape index (κ3) is 2.10. The fourth-order valence-corrected chi connectivity index (χ4v) is 2.91. The molecular weight excluding hydrogens is 314 g/mol. The Bertz CT molecular complexity index is 757. The lowest BCUT2D eigenvalue weighted by molar-refractivity contribution is 1.10. The zero-order chi connectivity index (χ0) is 14.3. The molecule has 0 bridgehead atoms. The van der Waals surface area contributed by atoms with E-state index in [9.17, 15) is 0 Å². The van der Waals surface area contributed by atoms with Gasteiger partial charge in [-0.15, -0.1) is 0 Å². The molecule has 3 aromatic rings. The van der Waals surface area contributed by atoms with E-state index in [0.717, 1.165) is 27.2 Å². The van der Waals surface area contributed by atoms with Gasteiger partial charge in [0, 0.05) is 25.9 Å². The molecular formula is C16H16BrN3. The number of nitrogens with zero attached hydrogens (tertiary/aromatic N) is 3. The smallest absolute Gasteiger partial charge is 0.145 e. The average molecular weight is 330 g/mol. The summed E-state index contributed by atoms with van der Waals surface area (Å²) in [5, 5.41) is 0. The Hall–Kier alpha value is -1.81. The Kier molecular flexibility index (Phi) is 3.26. The summed E-state index contributed by atoms with van der Waals surface area (Å²) in [6.45, 7) is 2.09. The van der Waals surface area contributed by atoms with Crippen LogP contribution in [0.4, 0.5) is 5.69 Å². The molecule has 0 radical (unpaired) electrons. The third-order valence-electron chi connectivity index (χ3n) is 3.39. The Morgan fingerprint density at radius 3 is 2.45 bits per heavy atom. The van der Waals surface area contributed by atoms with Crippen molar-refractivity contribution in [3.05, 3.63) is 52.8 Å². The van der Waals surface area contributed by atoms with E-state index in [0.29, 0.717) is 0 Å². The Morgan fingerprint density at radius 1 is 1.10 bits per heavy atom. The zero-order valence-electron chi connectivity index (χ0n) is 11.8. The van der Waals surface area contributed by atoms with Crippen molar-refractivity contribution >= 4 is 27.1 Å². The highest BCUT2D eigenvalue weighted by atomic mass is 79.9. The highest BCUT2D eigenvalue weighted by Crippen LogP contribution is 2.31. The summed E-state index contributed by atoms with van der Waals surface area (Å²) in [7, 11) is 4.08. The van der Waals surface area contributed by atoms with Gasteiger partial charge in [0.2, 0.25) is 0 Å². The van der Waals surface area contributed by atoms with Crippen LogP contribution in [0.1, 0.15) is 5.56 Å².